The van der Waals surface area contributed by atoms with Crippen LogP contribution in [0.15, 0.2) is 65.9 Å². The summed E-state index contributed by atoms with van der Waals surface area (Å²) >= 11 is 0. The van der Waals surface area contributed by atoms with Crippen LogP contribution in [0.5, 0.6) is 11.5 Å². The molecule has 3 aromatic carbocycles. The van der Waals surface area contributed by atoms with Crippen LogP contribution in [0.25, 0.3) is 10.8 Å². The Bertz CT molecular complexity index is 1150. The Morgan fingerprint density at radius 2 is 2.04 bits per heavy atom. The van der Waals surface area contributed by atoms with Crippen molar-refractivity contribution in [2.75, 3.05) is 18.5 Å². The van der Waals surface area contributed by atoms with Gasteiger partial charge in [0.15, 0.2) is 11.5 Å². The van der Waals surface area contributed by atoms with Gasteiger partial charge in [-0.25, -0.2) is 4.79 Å². The second kappa shape index (κ2) is 6.30. The molecule has 0 spiro atoms. The van der Waals surface area contributed by atoms with Crippen molar-refractivity contribution in [1.82, 2.24) is 0 Å². The summed E-state index contributed by atoms with van der Waals surface area (Å²) < 4.78 is 10.9. The number of fused-ring (bicyclic) bond motifs is 3. The van der Waals surface area contributed by atoms with Crippen LogP contribution in [0.1, 0.15) is 24.0 Å². The molecule has 5 rings (SSSR count). The number of carbonyl (C=O) groups is 1. The molecule has 0 saturated carbocycles. The summed E-state index contributed by atoms with van der Waals surface area (Å²) in [5.74, 6) is -0.112. The lowest BCUT2D eigenvalue weighted by Crippen LogP contribution is -2.20. The number of carbonyl (C=O) groups excluding carboxylic acids is 1. The van der Waals surface area contributed by atoms with Crippen LogP contribution in [-0.2, 0) is 9.53 Å². The molecule has 0 fully saturated rings. The Hall–Kier alpha value is -3.47. The summed E-state index contributed by atoms with van der Waals surface area (Å²) in [5.41, 5.74) is 4.29. The average Bonchev–Trinajstić information content (AvgIpc) is 3.08. The van der Waals surface area contributed by atoms with E-state index < -0.39 is 0 Å². The minimum absolute atomic E-state index is 0.0841. The second-order valence-electron chi connectivity index (χ2n) is 6.93. The van der Waals surface area contributed by atoms with Gasteiger partial charge in [0.05, 0.1) is 17.9 Å². The van der Waals surface area contributed by atoms with E-state index in [1.54, 1.807) is 6.07 Å². The Labute approximate surface area is 162 Å². The van der Waals surface area contributed by atoms with Gasteiger partial charge in [0.1, 0.15) is 6.61 Å². The van der Waals surface area contributed by atoms with Gasteiger partial charge in [0.2, 0.25) is 0 Å². The Morgan fingerprint density at radius 1 is 1.18 bits per heavy atom. The molecular weight excluding hydrogens is 354 g/mol. The number of phenols is 1. The number of cyclic esters (lactones) is 1. The topological polar surface area (TPSA) is 67.8 Å². The maximum Gasteiger partial charge on any atom is 0.337 e. The molecule has 5 nitrogen and oxygen atoms in total. The third-order valence-corrected chi connectivity index (χ3v) is 5.34. The van der Waals surface area contributed by atoms with Crippen LogP contribution in [0.3, 0.4) is 0 Å². The van der Waals surface area contributed by atoms with Crippen molar-refractivity contribution in [3.05, 3.63) is 77.0 Å². The molecule has 1 atom stereocenters. The Balaban J connectivity index is 1.79. The fourth-order valence-corrected chi connectivity index (χ4v) is 4.15. The monoisotopic (exact) mass is 373 g/mol. The molecule has 2 heterocycles. The highest BCUT2D eigenvalue weighted by Crippen LogP contribution is 2.48. The van der Waals surface area contributed by atoms with Gasteiger partial charge >= 0.3 is 5.97 Å². The number of esters is 1. The highest BCUT2D eigenvalue weighted by Gasteiger charge is 2.39. The fraction of sp³-hybridized carbons (Fsp3) is 0.174. The maximum absolute atomic E-state index is 12.6. The van der Waals surface area contributed by atoms with Gasteiger partial charge in [-0.1, -0.05) is 36.4 Å². The van der Waals surface area contributed by atoms with Gasteiger partial charge in [-0.2, -0.15) is 0 Å². The molecule has 1 unspecified atom stereocenters. The first-order valence-electron chi connectivity index (χ1n) is 9.32. The van der Waals surface area contributed by atoms with E-state index >= 15 is 0 Å². The first kappa shape index (κ1) is 16.7. The molecule has 0 bridgehead atoms. The maximum atomic E-state index is 12.6. The van der Waals surface area contributed by atoms with E-state index in [9.17, 15) is 9.90 Å². The molecule has 5 heteroatoms. The van der Waals surface area contributed by atoms with Crippen molar-refractivity contribution < 1.29 is 19.4 Å². The molecule has 0 saturated heterocycles. The summed E-state index contributed by atoms with van der Waals surface area (Å²) in [4.78, 5) is 12.6. The number of ether oxygens (including phenoxy) is 2. The SMILES string of the molecule is CCOc1cc(C2C3=C(COC3=O)Nc3ccc4ccccc4c32)ccc1O. The number of rotatable bonds is 3. The van der Waals surface area contributed by atoms with E-state index in [0.717, 1.165) is 33.3 Å². The summed E-state index contributed by atoms with van der Waals surface area (Å²) in [6, 6.07) is 17.5. The molecule has 2 aliphatic heterocycles. The van der Waals surface area contributed by atoms with Gasteiger partial charge < -0.3 is 19.9 Å². The number of benzene rings is 3. The molecule has 140 valence electrons. The van der Waals surface area contributed by atoms with Crippen molar-refractivity contribution in [2.24, 2.45) is 0 Å². The Kier molecular flexibility index (Phi) is 3.76. The van der Waals surface area contributed by atoms with Gasteiger partial charge in [-0.3, -0.25) is 0 Å². The summed E-state index contributed by atoms with van der Waals surface area (Å²) in [6.45, 7) is 2.56. The van der Waals surface area contributed by atoms with E-state index in [4.69, 9.17) is 9.47 Å². The highest BCUT2D eigenvalue weighted by atomic mass is 16.5. The lowest BCUT2D eigenvalue weighted by molar-refractivity contribution is -0.136. The van der Waals surface area contributed by atoms with Crippen LogP contribution >= 0.6 is 0 Å². The molecule has 2 N–H and O–H groups in total. The van der Waals surface area contributed by atoms with Crippen molar-refractivity contribution in [3.63, 3.8) is 0 Å². The van der Waals surface area contributed by atoms with Crippen molar-refractivity contribution in [2.45, 2.75) is 12.8 Å². The van der Waals surface area contributed by atoms with Crippen molar-refractivity contribution in [3.8, 4) is 11.5 Å². The molecule has 0 aliphatic carbocycles. The Morgan fingerprint density at radius 3 is 2.89 bits per heavy atom. The normalized spacial score (nSPS) is 17.8. The van der Waals surface area contributed by atoms with Crippen LogP contribution in [-0.4, -0.2) is 24.3 Å². The molecule has 0 radical (unpaired) electrons. The molecular formula is C23H19NO4. The number of aromatic hydroxyl groups is 1. The highest BCUT2D eigenvalue weighted by molar-refractivity contribution is 6.01. The molecule has 2 aliphatic rings. The second-order valence-corrected chi connectivity index (χ2v) is 6.93. The van der Waals surface area contributed by atoms with Crippen molar-refractivity contribution in [1.29, 1.82) is 0 Å². The number of hydrogen-bond donors (Lipinski definition) is 2. The van der Waals surface area contributed by atoms with Gasteiger partial charge in [0.25, 0.3) is 0 Å². The van der Waals surface area contributed by atoms with Gasteiger partial charge in [-0.15, -0.1) is 0 Å². The van der Waals surface area contributed by atoms with E-state index in [2.05, 4.69) is 23.5 Å². The first-order valence-corrected chi connectivity index (χ1v) is 9.32. The summed E-state index contributed by atoms with van der Waals surface area (Å²) in [7, 11) is 0. The van der Waals surface area contributed by atoms with Crippen LogP contribution in [0, 0.1) is 0 Å². The zero-order valence-electron chi connectivity index (χ0n) is 15.4. The van der Waals surface area contributed by atoms with Crippen LogP contribution < -0.4 is 10.1 Å². The van der Waals surface area contributed by atoms with Gasteiger partial charge in [-0.05, 0) is 47.0 Å². The van der Waals surface area contributed by atoms with Crippen LogP contribution in [0.2, 0.25) is 0 Å². The standard InChI is InChI=1S/C23H19NO4/c1-2-27-19-11-14(8-10-18(19)25)20-21-15-6-4-3-5-13(15)7-9-16(21)24-17-12-28-23(26)22(17)20/h3-11,20,24-25H,2,12H2,1H3. The lowest BCUT2D eigenvalue weighted by atomic mass is 9.79. The average molecular weight is 373 g/mol. The predicted octanol–water partition coefficient (Wildman–Crippen LogP) is 4.31. The third-order valence-electron chi connectivity index (χ3n) is 5.34. The smallest absolute Gasteiger partial charge is 0.337 e. The molecule has 0 amide bonds. The summed E-state index contributed by atoms with van der Waals surface area (Å²) in [6.07, 6.45) is 0. The molecule has 3 aromatic rings. The zero-order valence-corrected chi connectivity index (χ0v) is 15.4. The summed E-state index contributed by atoms with van der Waals surface area (Å²) in [5, 5.41) is 15.7. The van der Waals surface area contributed by atoms with E-state index in [1.165, 1.54) is 0 Å². The largest absolute Gasteiger partial charge is 0.504 e. The van der Waals surface area contributed by atoms with E-state index in [1.807, 2.05) is 37.3 Å². The van der Waals surface area contributed by atoms with E-state index in [0.29, 0.717) is 17.9 Å². The molecule has 28 heavy (non-hydrogen) atoms. The third kappa shape index (κ3) is 2.43. The first-order chi connectivity index (χ1) is 13.7. The van der Waals surface area contributed by atoms with E-state index in [-0.39, 0.29) is 24.2 Å². The number of anilines is 1. The predicted molar refractivity (Wildman–Crippen MR) is 107 cm³/mol. The number of hydrogen-bond acceptors (Lipinski definition) is 5. The number of nitrogens with one attached hydrogen (secondary N) is 1. The number of phenolic OH excluding ortho intramolecular Hbond substituents is 1. The zero-order chi connectivity index (χ0) is 19.3. The minimum Gasteiger partial charge on any atom is -0.504 e. The van der Waals surface area contributed by atoms with Crippen LogP contribution in [0.4, 0.5) is 5.69 Å². The lowest BCUT2D eigenvalue weighted by Gasteiger charge is -2.29. The van der Waals surface area contributed by atoms with Crippen molar-refractivity contribution >= 4 is 22.4 Å². The fourth-order valence-electron chi connectivity index (χ4n) is 4.15. The quantitative estimate of drug-likeness (QED) is 0.670. The minimum atomic E-state index is -0.308. The van der Waals surface area contributed by atoms with Gasteiger partial charge in [0, 0.05) is 11.6 Å². The molecule has 0 aromatic heterocycles.